The summed E-state index contributed by atoms with van der Waals surface area (Å²) in [6.45, 7) is 1.97. The van der Waals surface area contributed by atoms with E-state index in [1.54, 1.807) is 0 Å². The molecule has 1 aliphatic rings. The van der Waals surface area contributed by atoms with Crippen LogP contribution in [-0.2, 0) is 13.2 Å². The molecule has 1 saturated carbocycles. The summed E-state index contributed by atoms with van der Waals surface area (Å²) in [5.74, 6) is 0.718. The first-order chi connectivity index (χ1) is 11.3. The molecule has 0 amide bonds. The van der Waals surface area contributed by atoms with Crippen LogP contribution in [-0.4, -0.2) is 26.8 Å². The van der Waals surface area contributed by atoms with E-state index < -0.39 is 11.7 Å². The summed E-state index contributed by atoms with van der Waals surface area (Å²) in [7, 11) is 1.82. The fourth-order valence-corrected chi connectivity index (χ4v) is 3.45. The van der Waals surface area contributed by atoms with E-state index in [1.807, 2.05) is 18.5 Å². The minimum atomic E-state index is -4.36. The van der Waals surface area contributed by atoms with Gasteiger partial charge in [0.15, 0.2) is 0 Å². The highest BCUT2D eigenvalue weighted by Crippen LogP contribution is 2.32. The fourth-order valence-electron chi connectivity index (χ4n) is 3.45. The zero-order valence-electron chi connectivity index (χ0n) is 13.8. The van der Waals surface area contributed by atoms with Gasteiger partial charge in [-0.05, 0) is 50.8 Å². The molecule has 1 aromatic carbocycles. The number of fused-ring (bicyclic) bond motifs is 1. The third-order valence-electron chi connectivity index (χ3n) is 4.81. The highest BCUT2D eigenvalue weighted by molar-refractivity contribution is 5.77. The second-order valence-electron chi connectivity index (χ2n) is 6.62. The molecule has 1 fully saturated rings. The van der Waals surface area contributed by atoms with Crippen LogP contribution in [0.5, 0.6) is 0 Å². The van der Waals surface area contributed by atoms with Gasteiger partial charge in [-0.25, -0.2) is 4.98 Å². The number of aliphatic hydroxyl groups is 1. The van der Waals surface area contributed by atoms with Crippen LogP contribution < -0.4 is 5.32 Å². The molecule has 0 unspecified atom stereocenters. The lowest BCUT2D eigenvalue weighted by Gasteiger charge is -2.28. The van der Waals surface area contributed by atoms with Crippen molar-refractivity contribution in [1.29, 1.82) is 0 Å². The molecule has 0 aliphatic heterocycles. The van der Waals surface area contributed by atoms with Crippen molar-refractivity contribution in [3.05, 3.63) is 29.6 Å². The average Bonchev–Trinajstić information content (AvgIpc) is 2.85. The molecule has 7 heteroatoms. The normalized spacial score (nSPS) is 23.6. The fraction of sp³-hybridized carbons (Fsp3) is 0.588. The van der Waals surface area contributed by atoms with Crippen LogP contribution in [0, 0.1) is 0 Å². The maximum Gasteiger partial charge on any atom is 0.416 e. The Hall–Kier alpha value is -1.60. The molecule has 0 saturated heterocycles. The van der Waals surface area contributed by atoms with Crippen molar-refractivity contribution < 1.29 is 18.3 Å². The number of aromatic nitrogens is 2. The van der Waals surface area contributed by atoms with Gasteiger partial charge in [0, 0.05) is 13.1 Å². The molecule has 1 aromatic heterocycles. The van der Waals surface area contributed by atoms with Crippen LogP contribution in [0.25, 0.3) is 11.0 Å². The van der Waals surface area contributed by atoms with Crippen LogP contribution in [0.2, 0.25) is 0 Å². The van der Waals surface area contributed by atoms with Gasteiger partial charge in [-0.1, -0.05) is 0 Å². The number of imidazole rings is 1. The number of rotatable bonds is 3. The highest BCUT2D eigenvalue weighted by atomic mass is 19.4. The Labute approximate surface area is 138 Å². The van der Waals surface area contributed by atoms with Crippen molar-refractivity contribution in [1.82, 2.24) is 14.9 Å². The number of nitrogens with one attached hydrogen (secondary N) is 1. The minimum Gasteiger partial charge on any atom is -0.393 e. The molecule has 1 atom stereocenters. The van der Waals surface area contributed by atoms with Crippen molar-refractivity contribution in [2.75, 3.05) is 0 Å². The van der Waals surface area contributed by atoms with E-state index in [0.717, 1.165) is 43.6 Å². The number of alkyl halides is 3. The van der Waals surface area contributed by atoms with E-state index in [0.29, 0.717) is 17.1 Å². The molecule has 2 N–H and O–H groups in total. The summed E-state index contributed by atoms with van der Waals surface area (Å²) < 4.78 is 40.4. The van der Waals surface area contributed by atoms with Crippen LogP contribution in [0.15, 0.2) is 18.2 Å². The van der Waals surface area contributed by atoms with Crippen LogP contribution in [0.1, 0.15) is 50.0 Å². The largest absolute Gasteiger partial charge is 0.416 e. The monoisotopic (exact) mass is 341 g/mol. The molecular weight excluding hydrogens is 319 g/mol. The van der Waals surface area contributed by atoms with E-state index in [-0.39, 0.29) is 12.1 Å². The molecule has 4 nitrogen and oxygen atoms in total. The maximum atomic E-state index is 12.9. The molecule has 0 spiro atoms. The van der Waals surface area contributed by atoms with Gasteiger partial charge in [0.25, 0.3) is 0 Å². The van der Waals surface area contributed by atoms with Crippen molar-refractivity contribution in [3.8, 4) is 0 Å². The zero-order chi connectivity index (χ0) is 17.5. The van der Waals surface area contributed by atoms with Crippen molar-refractivity contribution in [3.63, 3.8) is 0 Å². The number of benzene rings is 1. The van der Waals surface area contributed by atoms with Crippen LogP contribution >= 0.6 is 0 Å². The van der Waals surface area contributed by atoms with Gasteiger partial charge in [-0.3, -0.25) is 0 Å². The van der Waals surface area contributed by atoms with Crippen molar-refractivity contribution >= 4 is 11.0 Å². The summed E-state index contributed by atoms with van der Waals surface area (Å²) in [6, 6.07) is 3.89. The van der Waals surface area contributed by atoms with Crippen LogP contribution in [0.4, 0.5) is 13.2 Å². The van der Waals surface area contributed by atoms with Crippen molar-refractivity contribution in [2.45, 2.75) is 57.0 Å². The SMILES string of the molecule is C[C@H](NC1CCC(O)CC1)c1nc2cc(C(F)(F)F)ccc2n1C. The van der Waals surface area contributed by atoms with Gasteiger partial charge in [0.2, 0.25) is 0 Å². The number of halogens is 3. The van der Waals surface area contributed by atoms with E-state index in [9.17, 15) is 18.3 Å². The topological polar surface area (TPSA) is 50.1 Å². The lowest BCUT2D eigenvalue weighted by atomic mass is 9.92. The number of hydrogen-bond donors (Lipinski definition) is 2. The molecule has 3 rings (SSSR count). The van der Waals surface area contributed by atoms with Gasteiger partial charge in [-0.2, -0.15) is 13.2 Å². The quantitative estimate of drug-likeness (QED) is 0.898. The second kappa shape index (κ2) is 6.37. The first kappa shape index (κ1) is 17.2. The van der Waals surface area contributed by atoms with Gasteiger partial charge < -0.3 is 15.0 Å². The van der Waals surface area contributed by atoms with E-state index in [1.165, 1.54) is 6.07 Å². The summed E-state index contributed by atoms with van der Waals surface area (Å²) >= 11 is 0. The number of nitrogens with zero attached hydrogens (tertiary/aromatic N) is 2. The zero-order valence-corrected chi connectivity index (χ0v) is 13.8. The van der Waals surface area contributed by atoms with E-state index in [2.05, 4.69) is 10.3 Å². The highest BCUT2D eigenvalue weighted by Gasteiger charge is 2.31. The summed E-state index contributed by atoms with van der Waals surface area (Å²) in [5, 5.41) is 13.1. The molecule has 132 valence electrons. The van der Waals surface area contributed by atoms with E-state index in [4.69, 9.17) is 0 Å². The summed E-state index contributed by atoms with van der Waals surface area (Å²) in [5.41, 5.74) is 0.363. The predicted molar refractivity (Wildman–Crippen MR) is 85.5 cm³/mol. The predicted octanol–water partition coefficient (Wildman–Crippen LogP) is 3.55. The third-order valence-corrected chi connectivity index (χ3v) is 4.81. The molecule has 24 heavy (non-hydrogen) atoms. The van der Waals surface area contributed by atoms with Gasteiger partial charge in [0.05, 0.1) is 28.7 Å². The Balaban J connectivity index is 1.82. The minimum absolute atomic E-state index is 0.0722. The van der Waals surface area contributed by atoms with E-state index >= 15 is 0 Å². The summed E-state index contributed by atoms with van der Waals surface area (Å²) in [4.78, 5) is 4.42. The number of hydrogen-bond acceptors (Lipinski definition) is 3. The summed E-state index contributed by atoms with van der Waals surface area (Å²) in [6.07, 6.45) is -1.22. The number of aliphatic hydroxyl groups excluding tert-OH is 1. The molecule has 0 radical (unpaired) electrons. The van der Waals surface area contributed by atoms with Gasteiger partial charge >= 0.3 is 6.18 Å². The average molecular weight is 341 g/mol. The Morgan fingerprint density at radius 2 is 1.92 bits per heavy atom. The maximum absolute atomic E-state index is 12.9. The van der Waals surface area contributed by atoms with Gasteiger partial charge in [-0.15, -0.1) is 0 Å². The first-order valence-corrected chi connectivity index (χ1v) is 8.23. The van der Waals surface area contributed by atoms with Crippen molar-refractivity contribution in [2.24, 2.45) is 7.05 Å². The Morgan fingerprint density at radius 3 is 2.54 bits per heavy atom. The Morgan fingerprint density at radius 1 is 1.25 bits per heavy atom. The first-order valence-electron chi connectivity index (χ1n) is 8.23. The number of aryl methyl sites for hydroxylation is 1. The Bertz CT molecular complexity index is 718. The molecular formula is C17H22F3N3O. The van der Waals surface area contributed by atoms with Gasteiger partial charge in [0.1, 0.15) is 5.82 Å². The molecule has 1 aliphatic carbocycles. The molecule has 0 bridgehead atoms. The smallest absolute Gasteiger partial charge is 0.393 e. The lowest BCUT2D eigenvalue weighted by molar-refractivity contribution is -0.137. The Kier molecular flexibility index (Phi) is 4.57. The molecule has 1 heterocycles. The second-order valence-corrected chi connectivity index (χ2v) is 6.62. The lowest BCUT2D eigenvalue weighted by Crippen LogP contribution is -2.36. The van der Waals surface area contributed by atoms with Crippen LogP contribution in [0.3, 0.4) is 0 Å². The molecule has 2 aromatic rings. The standard InChI is InChI=1S/C17H22F3N3O/c1-10(21-12-4-6-13(24)7-5-12)16-22-14-9-11(17(18,19)20)3-8-15(14)23(16)2/h3,8-10,12-13,21,24H,4-7H2,1-2H3/t10-,12?,13?/m0/s1. The third kappa shape index (κ3) is 3.42.